The van der Waals surface area contributed by atoms with Gasteiger partial charge in [0, 0.05) is 13.2 Å². The first-order valence-electron chi connectivity index (χ1n) is 8.22. The summed E-state index contributed by atoms with van der Waals surface area (Å²) < 4.78 is 36.5. The van der Waals surface area contributed by atoms with Crippen LogP contribution < -0.4 is 0 Å². The van der Waals surface area contributed by atoms with Crippen LogP contribution in [0, 0.1) is 0 Å². The lowest BCUT2D eigenvalue weighted by atomic mass is 10.0. The van der Waals surface area contributed by atoms with Gasteiger partial charge >= 0.3 is 15.6 Å². The fourth-order valence-electron chi connectivity index (χ4n) is 2.35. The van der Waals surface area contributed by atoms with Crippen LogP contribution >= 0.6 is 15.6 Å². The van der Waals surface area contributed by atoms with Crippen molar-refractivity contribution >= 4 is 15.6 Å². The van der Waals surface area contributed by atoms with Crippen molar-refractivity contribution < 1.29 is 42.5 Å². The Balaban J connectivity index is 3.69. The smallest absolute Gasteiger partial charge is 0.381 e. The highest BCUT2D eigenvalue weighted by Gasteiger charge is 2.29. The Hall–Kier alpha value is 0.180. The molecule has 0 fully saturated rings. The summed E-state index contributed by atoms with van der Waals surface area (Å²) in [6.45, 7) is 7.61. The average Bonchev–Trinajstić information content (AvgIpc) is 2.30. The predicted molar refractivity (Wildman–Crippen MR) is 92.9 cm³/mol. The van der Waals surface area contributed by atoms with Gasteiger partial charge in [-0.2, -0.15) is 0 Å². The van der Waals surface area contributed by atoms with E-state index in [1.807, 2.05) is 0 Å². The predicted octanol–water partition coefficient (Wildman–Crippen LogP) is 3.12. The molecule has 11 heteroatoms. The van der Waals surface area contributed by atoms with Crippen molar-refractivity contribution in [3.05, 3.63) is 0 Å². The molecular formula is C14H32O9P2. The van der Waals surface area contributed by atoms with E-state index in [0.29, 0.717) is 26.1 Å². The summed E-state index contributed by atoms with van der Waals surface area (Å²) >= 11 is 0. The summed E-state index contributed by atoms with van der Waals surface area (Å²) in [6, 6.07) is 0. The quantitative estimate of drug-likeness (QED) is 0.253. The number of ether oxygens (including phenoxy) is 1. The van der Waals surface area contributed by atoms with Gasteiger partial charge in [0.25, 0.3) is 0 Å². The van der Waals surface area contributed by atoms with Crippen LogP contribution in [0.25, 0.3) is 0 Å². The molecular weight excluding hydrogens is 374 g/mol. The molecule has 0 aliphatic carbocycles. The topological polar surface area (TPSA) is 143 Å². The summed E-state index contributed by atoms with van der Waals surface area (Å²) in [5.74, 6) is 0. The summed E-state index contributed by atoms with van der Waals surface area (Å²) in [5, 5.41) is 0. The third-order valence-electron chi connectivity index (χ3n) is 3.37. The molecule has 0 aliphatic heterocycles. The minimum atomic E-state index is -4.48. The van der Waals surface area contributed by atoms with E-state index in [-0.39, 0.29) is 0 Å². The molecule has 0 aromatic heterocycles. The van der Waals surface area contributed by atoms with Gasteiger partial charge < -0.3 is 24.3 Å². The number of hydrogen-bond donors (Lipinski definition) is 4. The molecule has 0 bridgehead atoms. The molecule has 0 radical (unpaired) electrons. The second kappa shape index (κ2) is 10.5. The molecule has 0 saturated carbocycles. The maximum Gasteiger partial charge on any atom is 0.470 e. The Bertz CT molecular complexity index is 425. The fraction of sp³-hybridized carbons (Fsp3) is 1.00. The molecule has 0 aromatic rings. The van der Waals surface area contributed by atoms with E-state index in [2.05, 4.69) is 0 Å². The lowest BCUT2D eigenvalue weighted by Gasteiger charge is -2.25. The summed E-state index contributed by atoms with van der Waals surface area (Å²) in [6.07, 6.45) is 3.96. The van der Waals surface area contributed by atoms with Gasteiger partial charge in [0.1, 0.15) is 0 Å². The van der Waals surface area contributed by atoms with Crippen LogP contribution in [0.15, 0.2) is 0 Å². The highest BCUT2D eigenvalue weighted by molar-refractivity contribution is 7.46. The second-order valence-corrected chi connectivity index (χ2v) is 9.54. The maximum atomic E-state index is 10.8. The zero-order valence-corrected chi connectivity index (χ0v) is 17.2. The standard InChI is InChI=1S/C14H32O9P2/c1-13(2,22-24(15,16)17)9-5-7-11-21-12-8-6-10-14(3,4)23-25(18,19)20/h5-12H2,1-4H3,(H2,15,16,17)(H2,18,19,20). The third-order valence-corrected chi connectivity index (χ3v) is 4.83. The number of rotatable bonds is 14. The highest BCUT2D eigenvalue weighted by Crippen LogP contribution is 2.43. The molecule has 0 atom stereocenters. The van der Waals surface area contributed by atoms with Crippen LogP contribution in [-0.2, 0) is 22.9 Å². The van der Waals surface area contributed by atoms with E-state index in [4.69, 9.17) is 33.4 Å². The van der Waals surface area contributed by atoms with Gasteiger partial charge in [0.05, 0.1) is 11.2 Å². The third kappa shape index (κ3) is 17.4. The van der Waals surface area contributed by atoms with Crippen molar-refractivity contribution in [2.75, 3.05) is 13.2 Å². The van der Waals surface area contributed by atoms with Gasteiger partial charge in [-0.25, -0.2) is 9.13 Å². The van der Waals surface area contributed by atoms with Gasteiger partial charge in [-0.05, 0) is 66.2 Å². The Morgan fingerprint density at radius 2 is 1.00 bits per heavy atom. The van der Waals surface area contributed by atoms with E-state index in [0.717, 1.165) is 25.7 Å². The van der Waals surface area contributed by atoms with Crippen LogP contribution in [0.4, 0.5) is 0 Å². The van der Waals surface area contributed by atoms with Gasteiger partial charge in [0.2, 0.25) is 0 Å². The maximum absolute atomic E-state index is 10.8. The monoisotopic (exact) mass is 406 g/mol. The Morgan fingerprint density at radius 1 is 0.680 bits per heavy atom. The molecule has 25 heavy (non-hydrogen) atoms. The van der Waals surface area contributed by atoms with E-state index >= 15 is 0 Å². The molecule has 0 aromatic carbocycles. The normalized spacial score (nSPS) is 14.1. The Kier molecular flexibility index (Phi) is 10.6. The van der Waals surface area contributed by atoms with Crippen molar-refractivity contribution in [3.8, 4) is 0 Å². The van der Waals surface area contributed by atoms with E-state index in [1.165, 1.54) is 0 Å². The molecule has 0 saturated heterocycles. The van der Waals surface area contributed by atoms with Crippen molar-refractivity contribution in [1.82, 2.24) is 0 Å². The Labute approximate surface area is 149 Å². The number of phosphoric acid groups is 2. The van der Waals surface area contributed by atoms with Gasteiger partial charge in [-0.1, -0.05) is 0 Å². The fourth-order valence-corrected chi connectivity index (χ4v) is 3.82. The SMILES string of the molecule is CC(C)(CCCCOCCCCC(C)(C)OP(=O)(O)O)OP(=O)(O)O. The van der Waals surface area contributed by atoms with Crippen molar-refractivity contribution in [2.24, 2.45) is 0 Å². The van der Waals surface area contributed by atoms with Crippen molar-refractivity contribution in [2.45, 2.75) is 77.4 Å². The van der Waals surface area contributed by atoms with Gasteiger partial charge in [0.15, 0.2) is 0 Å². The van der Waals surface area contributed by atoms with Crippen LogP contribution in [0.1, 0.15) is 66.2 Å². The molecule has 0 aliphatic rings. The first-order chi connectivity index (χ1) is 11.1. The summed E-state index contributed by atoms with van der Waals surface area (Å²) in [5.41, 5.74) is -1.77. The Morgan fingerprint density at radius 3 is 1.28 bits per heavy atom. The van der Waals surface area contributed by atoms with Gasteiger partial charge in [-0.15, -0.1) is 0 Å². The summed E-state index contributed by atoms with van der Waals surface area (Å²) in [7, 11) is -8.96. The summed E-state index contributed by atoms with van der Waals surface area (Å²) in [4.78, 5) is 35.2. The van der Waals surface area contributed by atoms with Gasteiger partial charge in [-0.3, -0.25) is 9.05 Å². The lowest BCUT2D eigenvalue weighted by Crippen LogP contribution is -2.23. The molecule has 0 unspecified atom stereocenters. The first kappa shape index (κ1) is 25.2. The second-order valence-electron chi connectivity index (χ2n) is 7.21. The molecule has 0 spiro atoms. The van der Waals surface area contributed by atoms with Crippen molar-refractivity contribution in [1.29, 1.82) is 0 Å². The molecule has 0 amide bonds. The number of hydrogen-bond acceptors (Lipinski definition) is 5. The van der Waals surface area contributed by atoms with Crippen LogP contribution in [-0.4, -0.2) is 44.0 Å². The molecule has 0 rings (SSSR count). The van der Waals surface area contributed by atoms with Crippen molar-refractivity contribution in [3.63, 3.8) is 0 Å². The highest BCUT2D eigenvalue weighted by atomic mass is 31.2. The number of unbranched alkanes of at least 4 members (excludes halogenated alkanes) is 2. The van der Waals surface area contributed by atoms with E-state index in [1.54, 1.807) is 27.7 Å². The lowest BCUT2D eigenvalue weighted by molar-refractivity contribution is 0.0501. The molecule has 9 nitrogen and oxygen atoms in total. The molecule has 152 valence electrons. The molecule has 4 N–H and O–H groups in total. The average molecular weight is 406 g/mol. The van der Waals surface area contributed by atoms with Crippen LogP contribution in [0.3, 0.4) is 0 Å². The van der Waals surface area contributed by atoms with Crippen LogP contribution in [0.2, 0.25) is 0 Å². The minimum Gasteiger partial charge on any atom is -0.381 e. The minimum absolute atomic E-state index is 0.509. The zero-order chi connectivity index (χ0) is 19.8. The number of phosphoric ester groups is 2. The van der Waals surface area contributed by atoms with E-state index < -0.39 is 26.8 Å². The zero-order valence-electron chi connectivity index (χ0n) is 15.4. The van der Waals surface area contributed by atoms with E-state index in [9.17, 15) is 9.13 Å². The molecule has 0 heterocycles. The van der Waals surface area contributed by atoms with Crippen LogP contribution in [0.5, 0.6) is 0 Å². The largest absolute Gasteiger partial charge is 0.470 e. The first-order valence-corrected chi connectivity index (χ1v) is 11.3.